The standard InChI is InChI=1S/C15H14N4O2S2/c1-10(13(20)17-9-12-5-3-7-22-12)23-15-19-18-14(21-15)11-4-2-6-16-8-11/h2-8,10H,9H2,1H3,(H,17,20)/t10-/m1/s1. The van der Waals surface area contributed by atoms with Gasteiger partial charge in [0.05, 0.1) is 17.4 Å². The molecule has 0 aliphatic carbocycles. The second-order valence-corrected chi connectivity index (χ2v) is 7.00. The number of amides is 1. The molecule has 3 aromatic rings. The number of nitrogens with one attached hydrogen (secondary N) is 1. The summed E-state index contributed by atoms with van der Waals surface area (Å²) in [6.07, 6.45) is 3.33. The van der Waals surface area contributed by atoms with E-state index in [0.717, 1.165) is 10.4 Å². The molecule has 0 saturated heterocycles. The van der Waals surface area contributed by atoms with Crippen molar-refractivity contribution in [3.63, 3.8) is 0 Å². The molecule has 0 aliphatic heterocycles. The molecule has 0 spiro atoms. The van der Waals surface area contributed by atoms with Gasteiger partial charge in [-0.05, 0) is 30.5 Å². The van der Waals surface area contributed by atoms with Gasteiger partial charge in [0.2, 0.25) is 11.8 Å². The molecule has 23 heavy (non-hydrogen) atoms. The predicted octanol–water partition coefficient (Wildman–Crippen LogP) is 2.99. The number of thioether (sulfide) groups is 1. The van der Waals surface area contributed by atoms with Gasteiger partial charge < -0.3 is 9.73 Å². The minimum atomic E-state index is -0.322. The first-order chi connectivity index (χ1) is 11.2. The molecule has 0 fully saturated rings. The highest BCUT2D eigenvalue weighted by Crippen LogP contribution is 2.25. The first-order valence-electron chi connectivity index (χ1n) is 6.93. The zero-order chi connectivity index (χ0) is 16.1. The molecule has 0 bridgehead atoms. The lowest BCUT2D eigenvalue weighted by Crippen LogP contribution is -2.30. The van der Waals surface area contributed by atoms with Crippen LogP contribution in [0.3, 0.4) is 0 Å². The summed E-state index contributed by atoms with van der Waals surface area (Å²) in [5.41, 5.74) is 0.752. The number of hydrogen-bond acceptors (Lipinski definition) is 7. The van der Waals surface area contributed by atoms with Crippen molar-refractivity contribution >= 4 is 29.0 Å². The van der Waals surface area contributed by atoms with Crippen molar-refractivity contribution in [3.05, 3.63) is 46.9 Å². The van der Waals surface area contributed by atoms with E-state index in [9.17, 15) is 4.79 Å². The lowest BCUT2D eigenvalue weighted by Gasteiger charge is -2.08. The van der Waals surface area contributed by atoms with Crippen LogP contribution in [0.5, 0.6) is 0 Å². The fourth-order valence-corrected chi connectivity index (χ4v) is 3.15. The van der Waals surface area contributed by atoms with Crippen molar-refractivity contribution < 1.29 is 9.21 Å². The van der Waals surface area contributed by atoms with E-state index in [4.69, 9.17) is 4.42 Å². The molecular formula is C15H14N4O2S2. The number of nitrogens with zero attached hydrogens (tertiary/aromatic N) is 3. The number of rotatable bonds is 6. The molecule has 3 aromatic heterocycles. The molecule has 0 aliphatic rings. The average molecular weight is 346 g/mol. The van der Waals surface area contributed by atoms with E-state index in [-0.39, 0.29) is 11.2 Å². The van der Waals surface area contributed by atoms with Gasteiger partial charge >= 0.3 is 0 Å². The third-order valence-corrected chi connectivity index (χ3v) is 4.79. The summed E-state index contributed by atoms with van der Waals surface area (Å²) >= 11 is 2.85. The van der Waals surface area contributed by atoms with Crippen LogP contribution in [0.15, 0.2) is 51.7 Å². The van der Waals surface area contributed by atoms with Crippen molar-refractivity contribution in [2.45, 2.75) is 23.9 Å². The molecule has 0 aromatic carbocycles. The van der Waals surface area contributed by atoms with E-state index in [1.807, 2.05) is 30.5 Å². The zero-order valence-electron chi connectivity index (χ0n) is 12.3. The molecule has 0 unspecified atom stereocenters. The van der Waals surface area contributed by atoms with Crippen LogP contribution < -0.4 is 5.32 Å². The predicted molar refractivity (Wildman–Crippen MR) is 89.0 cm³/mol. The Morgan fingerprint density at radius 1 is 1.39 bits per heavy atom. The molecule has 0 radical (unpaired) electrons. The first-order valence-corrected chi connectivity index (χ1v) is 8.69. The molecular weight excluding hydrogens is 332 g/mol. The lowest BCUT2D eigenvalue weighted by molar-refractivity contribution is -0.120. The Bertz CT molecular complexity index is 759. The zero-order valence-corrected chi connectivity index (χ0v) is 13.9. The number of carbonyl (C=O) groups is 1. The Labute approximate surface area is 141 Å². The Hall–Kier alpha value is -2.19. The van der Waals surface area contributed by atoms with E-state index >= 15 is 0 Å². The van der Waals surface area contributed by atoms with E-state index < -0.39 is 0 Å². The summed E-state index contributed by atoms with van der Waals surface area (Å²) in [5, 5.41) is 12.9. The summed E-state index contributed by atoms with van der Waals surface area (Å²) in [6, 6.07) is 7.59. The average Bonchev–Trinajstić information content (AvgIpc) is 3.25. The fourth-order valence-electron chi connectivity index (χ4n) is 1.80. The smallest absolute Gasteiger partial charge is 0.277 e. The molecule has 3 heterocycles. The number of thiophene rings is 1. The maximum atomic E-state index is 12.1. The van der Waals surface area contributed by atoms with Gasteiger partial charge in [0.15, 0.2) is 0 Å². The second-order valence-electron chi connectivity index (χ2n) is 4.67. The van der Waals surface area contributed by atoms with Gasteiger partial charge in [0.25, 0.3) is 5.22 Å². The fraction of sp³-hybridized carbons (Fsp3) is 0.200. The highest BCUT2D eigenvalue weighted by molar-refractivity contribution is 8.00. The molecule has 0 saturated carbocycles. The molecule has 1 amide bonds. The van der Waals surface area contributed by atoms with E-state index in [1.54, 1.807) is 29.8 Å². The van der Waals surface area contributed by atoms with Gasteiger partial charge in [-0.15, -0.1) is 21.5 Å². The molecule has 3 rings (SSSR count). The molecule has 1 N–H and O–H groups in total. The SMILES string of the molecule is C[C@@H](Sc1nnc(-c2cccnc2)o1)C(=O)NCc1cccs1. The van der Waals surface area contributed by atoms with Crippen molar-refractivity contribution in [1.82, 2.24) is 20.5 Å². The topological polar surface area (TPSA) is 80.9 Å². The molecule has 118 valence electrons. The summed E-state index contributed by atoms with van der Waals surface area (Å²) in [5.74, 6) is 0.330. The maximum absolute atomic E-state index is 12.1. The number of aromatic nitrogens is 3. The third-order valence-electron chi connectivity index (χ3n) is 2.98. The molecule has 1 atom stereocenters. The van der Waals surface area contributed by atoms with Gasteiger partial charge in [-0.3, -0.25) is 9.78 Å². The van der Waals surface area contributed by atoms with Crippen molar-refractivity contribution in [2.75, 3.05) is 0 Å². The number of carbonyl (C=O) groups excluding carboxylic acids is 1. The van der Waals surface area contributed by atoms with Crippen molar-refractivity contribution in [1.29, 1.82) is 0 Å². The highest BCUT2D eigenvalue weighted by Gasteiger charge is 2.18. The van der Waals surface area contributed by atoms with E-state index in [0.29, 0.717) is 17.7 Å². The first kappa shape index (κ1) is 15.7. The van der Waals surface area contributed by atoms with Crippen LogP contribution in [0.2, 0.25) is 0 Å². The Balaban J connectivity index is 1.56. The van der Waals surface area contributed by atoms with Gasteiger partial charge in [-0.25, -0.2) is 0 Å². The normalized spacial score (nSPS) is 12.0. The van der Waals surface area contributed by atoms with Crippen LogP contribution in [0.25, 0.3) is 11.5 Å². The van der Waals surface area contributed by atoms with Crippen LogP contribution in [-0.4, -0.2) is 26.3 Å². The van der Waals surface area contributed by atoms with Crippen LogP contribution in [0.4, 0.5) is 0 Å². The van der Waals surface area contributed by atoms with Gasteiger partial charge in [-0.2, -0.15) is 0 Å². The maximum Gasteiger partial charge on any atom is 0.277 e. The van der Waals surface area contributed by atoms with Crippen LogP contribution in [0, 0.1) is 0 Å². The Morgan fingerprint density at radius 3 is 3.04 bits per heavy atom. The highest BCUT2D eigenvalue weighted by atomic mass is 32.2. The minimum Gasteiger partial charge on any atom is -0.411 e. The third kappa shape index (κ3) is 4.17. The van der Waals surface area contributed by atoms with Gasteiger partial charge in [-0.1, -0.05) is 17.8 Å². The summed E-state index contributed by atoms with van der Waals surface area (Å²) < 4.78 is 5.56. The Morgan fingerprint density at radius 2 is 2.30 bits per heavy atom. The van der Waals surface area contributed by atoms with Gasteiger partial charge in [0, 0.05) is 17.3 Å². The minimum absolute atomic E-state index is 0.0653. The van der Waals surface area contributed by atoms with Crippen LogP contribution in [0.1, 0.15) is 11.8 Å². The second kappa shape index (κ2) is 7.38. The molecule has 6 nitrogen and oxygen atoms in total. The number of pyridine rings is 1. The van der Waals surface area contributed by atoms with E-state index in [1.165, 1.54) is 11.8 Å². The van der Waals surface area contributed by atoms with Crippen molar-refractivity contribution in [2.24, 2.45) is 0 Å². The lowest BCUT2D eigenvalue weighted by atomic mass is 10.3. The summed E-state index contributed by atoms with van der Waals surface area (Å²) in [7, 11) is 0. The van der Waals surface area contributed by atoms with Crippen LogP contribution >= 0.6 is 23.1 Å². The number of hydrogen-bond donors (Lipinski definition) is 1. The Kier molecular flexibility index (Phi) is 5.04. The van der Waals surface area contributed by atoms with E-state index in [2.05, 4.69) is 20.5 Å². The van der Waals surface area contributed by atoms with Crippen LogP contribution in [-0.2, 0) is 11.3 Å². The largest absolute Gasteiger partial charge is 0.411 e. The van der Waals surface area contributed by atoms with Gasteiger partial charge in [0.1, 0.15) is 0 Å². The molecule has 8 heteroatoms. The van der Waals surface area contributed by atoms with Crippen molar-refractivity contribution in [3.8, 4) is 11.5 Å². The summed E-state index contributed by atoms with van der Waals surface area (Å²) in [4.78, 5) is 17.2. The quantitative estimate of drug-likeness (QED) is 0.691. The summed E-state index contributed by atoms with van der Waals surface area (Å²) in [6.45, 7) is 2.34. The monoisotopic (exact) mass is 346 g/mol.